The lowest BCUT2D eigenvalue weighted by molar-refractivity contribution is 0.135. The van der Waals surface area contributed by atoms with Crippen LogP contribution >= 0.6 is 0 Å². The van der Waals surface area contributed by atoms with Crippen molar-refractivity contribution in [3.05, 3.63) is 59.4 Å². The maximum Gasteiger partial charge on any atom is 0.124 e. The number of fused-ring (bicyclic) bond motifs is 4. The van der Waals surface area contributed by atoms with Crippen LogP contribution in [0.1, 0.15) is 31.0 Å². The first-order valence-electron chi connectivity index (χ1n) is 7.35. The third-order valence-electron chi connectivity index (χ3n) is 4.99. The Hall–Kier alpha value is -2.03. The summed E-state index contributed by atoms with van der Waals surface area (Å²) >= 11 is 0. The van der Waals surface area contributed by atoms with Crippen LogP contribution in [0.2, 0.25) is 0 Å². The summed E-state index contributed by atoms with van der Waals surface area (Å²) in [5, 5.41) is 3.59. The number of rotatable bonds is 0. The highest BCUT2D eigenvalue weighted by Gasteiger charge is 2.46. The van der Waals surface area contributed by atoms with Crippen molar-refractivity contribution >= 4 is 5.69 Å². The van der Waals surface area contributed by atoms with Gasteiger partial charge in [-0.05, 0) is 29.8 Å². The molecule has 0 bridgehead atoms. The lowest BCUT2D eigenvalue weighted by atomic mass is 9.65. The molecule has 4 rings (SSSR count). The lowest BCUT2D eigenvalue weighted by Gasteiger charge is -2.48. The summed E-state index contributed by atoms with van der Waals surface area (Å²) in [5.74, 6) is 1.05. The molecule has 2 aromatic carbocycles. The minimum absolute atomic E-state index is 0.138. The summed E-state index contributed by atoms with van der Waals surface area (Å²) in [6.45, 7) is 5.01. The lowest BCUT2D eigenvalue weighted by Crippen LogP contribution is -2.46. The Morgan fingerprint density at radius 3 is 2.86 bits per heavy atom. The zero-order chi connectivity index (χ0) is 14.6. The van der Waals surface area contributed by atoms with Crippen LogP contribution in [0.3, 0.4) is 0 Å². The summed E-state index contributed by atoms with van der Waals surface area (Å²) in [4.78, 5) is 0. The highest BCUT2D eigenvalue weighted by molar-refractivity contribution is 5.61. The number of halogens is 1. The van der Waals surface area contributed by atoms with Gasteiger partial charge < -0.3 is 10.1 Å². The number of hydrogen-bond donors (Lipinski definition) is 1. The Morgan fingerprint density at radius 1 is 1.19 bits per heavy atom. The van der Waals surface area contributed by atoms with Crippen LogP contribution in [0.5, 0.6) is 5.75 Å². The van der Waals surface area contributed by atoms with Crippen molar-refractivity contribution in [2.24, 2.45) is 5.92 Å². The van der Waals surface area contributed by atoms with Gasteiger partial charge in [0.15, 0.2) is 0 Å². The van der Waals surface area contributed by atoms with Crippen LogP contribution < -0.4 is 10.1 Å². The average Bonchev–Trinajstić information content (AvgIpc) is 2.48. The van der Waals surface area contributed by atoms with E-state index in [-0.39, 0.29) is 23.2 Å². The molecule has 3 heteroatoms. The Kier molecular flexibility index (Phi) is 2.56. The van der Waals surface area contributed by atoms with E-state index < -0.39 is 0 Å². The number of benzene rings is 2. The van der Waals surface area contributed by atoms with E-state index in [0.29, 0.717) is 6.61 Å². The average molecular weight is 283 g/mol. The van der Waals surface area contributed by atoms with Crippen LogP contribution in [0.15, 0.2) is 42.5 Å². The fourth-order valence-electron chi connectivity index (χ4n) is 3.71. The minimum Gasteiger partial charge on any atom is -0.493 e. The van der Waals surface area contributed by atoms with E-state index in [4.69, 9.17) is 4.74 Å². The summed E-state index contributed by atoms with van der Waals surface area (Å²) in [7, 11) is 0. The van der Waals surface area contributed by atoms with Crippen molar-refractivity contribution in [3.63, 3.8) is 0 Å². The quantitative estimate of drug-likeness (QED) is 0.779. The molecular formula is C18H18FNO. The normalized spacial score (nSPS) is 24.9. The molecule has 0 unspecified atom stereocenters. The molecule has 0 amide bonds. The van der Waals surface area contributed by atoms with Crippen LogP contribution in [-0.4, -0.2) is 6.61 Å². The Bertz CT molecular complexity index is 710. The molecule has 0 aromatic heterocycles. The van der Waals surface area contributed by atoms with Crippen molar-refractivity contribution in [3.8, 4) is 5.75 Å². The second-order valence-corrected chi connectivity index (χ2v) is 6.49. The van der Waals surface area contributed by atoms with Gasteiger partial charge in [-0.3, -0.25) is 0 Å². The van der Waals surface area contributed by atoms with E-state index >= 15 is 0 Å². The second kappa shape index (κ2) is 4.23. The maximum atomic E-state index is 13.6. The Labute approximate surface area is 123 Å². The van der Waals surface area contributed by atoms with Gasteiger partial charge in [-0.25, -0.2) is 4.39 Å². The van der Waals surface area contributed by atoms with Crippen molar-refractivity contribution in [1.29, 1.82) is 0 Å². The first-order valence-corrected chi connectivity index (χ1v) is 7.35. The fraction of sp³-hybridized carbons (Fsp3) is 0.333. The minimum atomic E-state index is -0.181. The summed E-state index contributed by atoms with van der Waals surface area (Å²) in [6, 6.07) is 13.4. The van der Waals surface area contributed by atoms with E-state index in [1.807, 2.05) is 24.3 Å². The van der Waals surface area contributed by atoms with E-state index in [0.717, 1.165) is 17.0 Å². The number of ether oxygens (including phenoxy) is 1. The van der Waals surface area contributed by atoms with Gasteiger partial charge in [0.1, 0.15) is 11.6 Å². The molecular weight excluding hydrogens is 265 g/mol. The summed E-state index contributed by atoms with van der Waals surface area (Å²) in [5.41, 5.74) is 3.11. The molecule has 0 spiro atoms. The maximum absolute atomic E-state index is 13.6. The largest absolute Gasteiger partial charge is 0.493 e. The first kappa shape index (κ1) is 12.7. The zero-order valence-electron chi connectivity index (χ0n) is 12.2. The monoisotopic (exact) mass is 283 g/mol. The predicted octanol–water partition coefficient (Wildman–Crippen LogP) is 4.28. The fourth-order valence-corrected chi connectivity index (χ4v) is 3.71. The molecule has 0 saturated heterocycles. The van der Waals surface area contributed by atoms with Gasteiger partial charge in [0, 0.05) is 22.6 Å². The second-order valence-electron chi connectivity index (χ2n) is 6.49. The van der Waals surface area contributed by atoms with Gasteiger partial charge in [0.25, 0.3) is 0 Å². The molecule has 21 heavy (non-hydrogen) atoms. The molecule has 2 aliphatic heterocycles. The molecule has 2 aliphatic rings. The van der Waals surface area contributed by atoms with E-state index in [9.17, 15) is 4.39 Å². The van der Waals surface area contributed by atoms with Crippen molar-refractivity contribution in [1.82, 2.24) is 0 Å². The van der Waals surface area contributed by atoms with Gasteiger partial charge in [0.2, 0.25) is 0 Å². The molecule has 0 fully saturated rings. The molecule has 108 valence electrons. The summed E-state index contributed by atoms with van der Waals surface area (Å²) < 4.78 is 19.6. The zero-order valence-corrected chi connectivity index (χ0v) is 12.2. The van der Waals surface area contributed by atoms with Gasteiger partial charge in [-0.15, -0.1) is 0 Å². The van der Waals surface area contributed by atoms with Crippen molar-refractivity contribution in [2.45, 2.75) is 25.3 Å². The topological polar surface area (TPSA) is 21.3 Å². The highest BCUT2D eigenvalue weighted by atomic mass is 19.1. The molecule has 1 N–H and O–H groups in total. The number of anilines is 1. The molecule has 0 saturated carbocycles. The van der Waals surface area contributed by atoms with E-state index in [1.54, 1.807) is 6.07 Å². The van der Waals surface area contributed by atoms with Crippen LogP contribution in [0.4, 0.5) is 10.1 Å². The van der Waals surface area contributed by atoms with Gasteiger partial charge in [-0.2, -0.15) is 0 Å². The third-order valence-corrected chi connectivity index (χ3v) is 4.99. The number of para-hydroxylation sites is 1. The van der Waals surface area contributed by atoms with Crippen LogP contribution in [0, 0.1) is 11.7 Å². The summed E-state index contributed by atoms with van der Waals surface area (Å²) in [6.07, 6.45) is 0. The van der Waals surface area contributed by atoms with Gasteiger partial charge in [-0.1, -0.05) is 32.0 Å². The molecule has 2 heterocycles. The molecule has 0 radical (unpaired) electrons. The number of hydrogen-bond acceptors (Lipinski definition) is 2. The Balaban J connectivity index is 1.88. The standard InChI is InChI=1S/C18H18FNO/c1-18(2)13-9-11(19)7-8-15(13)20-17-12-5-3-4-6-16(12)21-10-14(17)18/h3-9,14,17,20H,10H2,1-2H3/t14-,17+/m1/s1. The molecule has 2 nitrogen and oxygen atoms in total. The Morgan fingerprint density at radius 2 is 2.00 bits per heavy atom. The predicted molar refractivity (Wildman–Crippen MR) is 81.2 cm³/mol. The molecule has 0 aliphatic carbocycles. The van der Waals surface area contributed by atoms with Crippen molar-refractivity contribution in [2.75, 3.05) is 11.9 Å². The smallest absolute Gasteiger partial charge is 0.124 e. The SMILES string of the molecule is CC1(C)c2cc(F)ccc2N[C@H]2c3ccccc3OC[C@H]21. The highest BCUT2D eigenvalue weighted by Crippen LogP contribution is 2.51. The van der Waals surface area contributed by atoms with Crippen molar-refractivity contribution < 1.29 is 9.13 Å². The van der Waals surface area contributed by atoms with Crippen LogP contribution in [0.25, 0.3) is 0 Å². The third kappa shape index (κ3) is 1.76. The van der Waals surface area contributed by atoms with E-state index in [2.05, 4.69) is 25.2 Å². The molecule has 2 atom stereocenters. The van der Waals surface area contributed by atoms with Gasteiger partial charge >= 0.3 is 0 Å². The first-order chi connectivity index (χ1) is 10.1. The van der Waals surface area contributed by atoms with Gasteiger partial charge in [0.05, 0.1) is 12.6 Å². The molecule has 2 aromatic rings. The van der Waals surface area contributed by atoms with Crippen LogP contribution in [-0.2, 0) is 5.41 Å². The number of nitrogens with one attached hydrogen (secondary N) is 1. The van der Waals surface area contributed by atoms with E-state index in [1.165, 1.54) is 11.6 Å².